The molecule has 1 aromatic heterocycles. The minimum Gasteiger partial charge on any atom is -0.472 e. The molecule has 0 spiro atoms. The largest absolute Gasteiger partial charge is 0.472 e. The predicted molar refractivity (Wildman–Crippen MR) is 65.5 cm³/mol. The number of hydrogen-bond donors (Lipinski definition) is 1. The third-order valence-corrected chi connectivity index (χ3v) is 3.46. The second kappa shape index (κ2) is 5.89. The van der Waals surface area contributed by atoms with E-state index >= 15 is 0 Å². The zero-order chi connectivity index (χ0) is 12.1. The summed E-state index contributed by atoms with van der Waals surface area (Å²) in [5.41, 5.74) is 0.984. The fourth-order valence-electron chi connectivity index (χ4n) is 1.46. The molecule has 1 aromatic carbocycles. The van der Waals surface area contributed by atoms with Crippen molar-refractivity contribution in [3.05, 3.63) is 54.2 Å². The normalized spacial score (nSPS) is 12.6. The molecule has 90 valence electrons. The van der Waals surface area contributed by atoms with Crippen LogP contribution in [0.3, 0.4) is 0 Å². The molecule has 0 saturated carbocycles. The van der Waals surface area contributed by atoms with Crippen LogP contribution in [0.1, 0.15) is 5.56 Å². The van der Waals surface area contributed by atoms with Gasteiger partial charge < -0.3 is 9.52 Å². The Morgan fingerprint density at radius 1 is 1.24 bits per heavy atom. The number of benzene rings is 1. The molecule has 0 radical (unpaired) electrons. The van der Waals surface area contributed by atoms with E-state index in [9.17, 15) is 9.50 Å². The summed E-state index contributed by atoms with van der Waals surface area (Å²) < 4.78 is 17.6. The van der Waals surface area contributed by atoms with Gasteiger partial charge in [-0.25, -0.2) is 4.39 Å². The Bertz CT molecular complexity index is 439. The number of thioether (sulfide) groups is 1. The second-order valence-corrected chi connectivity index (χ2v) is 4.85. The quantitative estimate of drug-likeness (QED) is 0.830. The molecule has 0 aliphatic carbocycles. The van der Waals surface area contributed by atoms with Gasteiger partial charge in [-0.15, -0.1) is 11.8 Å². The van der Waals surface area contributed by atoms with Crippen molar-refractivity contribution in [2.75, 3.05) is 5.75 Å². The van der Waals surface area contributed by atoms with Crippen LogP contribution in [0.2, 0.25) is 0 Å². The van der Waals surface area contributed by atoms with Crippen LogP contribution in [0.4, 0.5) is 4.39 Å². The van der Waals surface area contributed by atoms with E-state index in [1.54, 1.807) is 24.7 Å². The van der Waals surface area contributed by atoms with Gasteiger partial charge in [-0.2, -0.15) is 0 Å². The van der Waals surface area contributed by atoms with Gasteiger partial charge in [0.05, 0.1) is 18.6 Å². The molecule has 2 rings (SSSR count). The maximum absolute atomic E-state index is 12.7. The Kier molecular flexibility index (Phi) is 4.23. The summed E-state index contributed by atoms with van der Waals surface area (Å²) >= 11 is 1.51. The lowest BCUT2D eigenvalue weighted by molar-refractivity contribution is 0.200. The first-order valence-corrected chi connectivity index (χ1v) is 6.30. The third kappa shape index (κ3) is 3.91. The van der Waals surface area contributed by atoms with Crippen molar-refractivity contribution in [2.45, 2.75) is 17.4 Å². The minimum absolute atomic E-state index is 0.242. The van der Waals surface area contributed by atoms with E-state index in [2.05, 4.69) is 0 Å². The van der Waals surface area contributed by atoms with Crippen LogP contribution in [0.5, 0.6) is 0 Å². The van der Waals surface area contributed by atoms with Crippen molar-refractivity contribution in [3.63, 3.8) is 0 Å². The molecule has 2 nitrogen and oxygen atoms in total. The SMILES string of the molecule is OC(CSc1ccc(F)cc1)Cc1ccoc1. The molecule has 2 aromatic rings. The molecular weight excluding hydrogens is 239 g/mol. The molecule has 0 amide bonds. The highest BCUT2D eigenvalue weighted by molar-refractivity contribution is 7.99. The molecule has 0 saturated heterocycles. The standard InChI is InChI=1S/C13H13FO2S/c14-11-1-3-13(4-2-11)17-9-12(15)7-10-5-6-16-8-10/h1-6,8,12,15H,7,9H2. The van der Waals surface area contributed by atoms with Crippen molar-refractivity contribution < 1.29 is 13.9 Å². The number of rotatable bonds is 5. The highest BCUT2D eigenvalue weighted by atomic mass is 32.2. The lowest BCUT2D eigenvalue weighted by Gasteiger charge is -2.08. The van der Waals surface area contributed by atoms with E-state index in [4.69, 9.17) is 4.42 Å². The second-order valence-electron chi connectivity index (χ2n) is 3.75. The van der Waals surface area contributed by atoms with E-state index in [0.717, 1.165) is 10.5 Å². The maximum atomic E-state index is 12.7. The van der Waals surface area contributed by atoms with Crippen LogP contribution in [-0.4, -0.2) is 17.0 Å². The van der Waals surface area contributed by atoms with Crippen LogP contribution in [0.15, 0.2) is 52.2 Å². The third-order valence-electron chi connectivity index (χ3n) is 2.31. The van der Waals surface area contributed by atoms with Crippen LogP contribution >= 0.6 is 11.8 Å². The van der Waals surface area contributed by atoms with Crippen molar-refractivity contribution in [1.82, 2.24) is 0 Å². The Hall–Kier alpha value is -1.26. The molecule has 17 heavy (non-hydrogen) atoms. The number of aliphatic hydroxyl groups is 1. The number of aliphatic hydroxyl groups excluding tert-OH is 1. The summed E-state index contributed by atoms with van der Waals surface area (Å²) in [5.74, 6) is 0.338. The first-order chi connectivity index (χ1) is 8.24. The zero-order valence-corrected chi connectivity index (χ0v) is 9.99. The fourth-order valence-corrected chi connectivity index (χ4v) is 2.29. The van der Waals surface area contributed by atoms with Gasteiger partial charge in [-0.05, 0) is 35.9 Å². The molecule has 0 aliphatic heterocycles. The van der Waals surface area contributed by atoms with E-state index in [0.29, 0.717) is 12.2 Å². The summed E-state index contributed by atoms with van der Waals surface area (Å²) in [6.45, 7) is 0. The summed E-state index contributed by atoms with van der Waals surface area (Å²) in [7, 11) is 0. The zero-order valence-electron chi connectivity index (χ0n) is 9.17. The average Bonchev–Trinajstić information content (AvgIpc) is 2.81. The summed E-state index contributed by atoms with van der Waals surface area (Å²) in [4.78, 5) is 0.956. The highest BCUT2D eigenvalue weighted by Crippen LogP contribution is 2.20. The number of furan rings is 1. The maximum Gasteiger partial charge on any atom is 0.123 e. The van der Waals surface area contributed by atoms with E-state index in [-0.39, 0.29) is 5.82 Å². The Labute approximate surface area is 103 Å². The van der Waals surface area contributed by atoms with Crippen LogP contribution in [-0.2, 0) is 6.42 Å². The Morgan fingerprint density at radius 3 is 2.65 bits per heavy atom. The molecule has 1 N–H and O–H groups in total. The van der Waals surface area contributed by atoms with Crippen molar-refractivity contribution >= 4 is 11.8 Å². The van der Waals surface area contributed by atoms with Crippen LogP contribution in [0.25, 0.3) is 0 Å². The smallest absolute Gasteiger partial charge is 0.123 e. The topological polar surface area (TPSA) is 33.4 Å². The molecule has 1 unspecified atom stereocenters. The summed E-state index contributed by atoms with van der Waals surface area (Å²) in [6.07, 6.45) is 3.37. The van der Waals surface area contributed by atoms with Gasteiger partial charge in [-0.1, -0.05) is 0 Å². The average molecular weight is 252 g/mol. The monoisotopic (exact) mass is 252 g/mol. The molecule has 4 heteroatoms. The molecule has 1 heterocycles. The molecule has 0 bridgehead atoms. The Morgan fingerprint density at radius 2 is 2.00 bits per heavy atom. The van der Waals surface area contributed by atoms with Gasteiger partial charge in [0.15, 0.2) is 0 Å². The predicted octanol–water partition coefficient (Wildman–Crippen LogP) is 3.11. The highest BCUT2D eigenvalue weighted by Gasteiger charge is 2.07. The van der Waals surface area contributed by atoms with Gasteiger partial charge in [0.1, 0.15) is 5.82 Å². The van der Waals surface area contributed by atoms with Gasteiger partial charge in [0, 0.05) is 17.1 Å². The molecular formula is C13H13FO2S. The molecule has 0 aliphatic rings. The van der Waals surface area contributed by atoms with Crippen molar-refractivity contribution in [3.8, 4) is 0 Å². The van der Waals surface area contributed by atoms with Gasteiger partial charge in [0.25, 0.3) is 0 Å². The van der Waals surface area contributed by atoms with Crippen LogP contribution in [0, 0.1) is 5.82 Å². The van der Waals surface area contributed by atoms with Crippen molar-refractivity contribution in [2.24, 2.45) is 0 Å². The fraction of sp³-hybridized carbons (Fsp3) is 0.231. The van der Waals surface area contributed by atoms with Crippen LogP contribution < -0.4 is 0 Å². The van der Waals surface area contributed by atoms with Crippen molar-refractivity contribution in [1.29, 1.82) is 0 Å². The van der Waals surface area contributed by atoms with Gasteiger partial charge in [-0.3, -0.25) is 0 Å². The van der Waals surface area contributed by atoms with Gasteiger partial charge >= 0.3 is 0 Å². The van der Waals surface area contributed by atoms with E-state index in [1.165, 1.54) is 23.9 Å². The summed E-state index contributed by atoms with van der Waals surface area (Å²) in [5, 5.41) is 9.80. The number of hydrogen-bond acceptors (Lipinski definition) is 3. The van der Waals surface area contributed by atoms with Gasteiger partial charge in [0.2, 0.25) is 0 Å². The lowest BCUT2D eigenvalue weighted by atomic mass is 10.2. The van der Waals surface area contributed by atoms with E-state index in [1.807, 2.05) is 6.07 Å². The molecule has 0 fully saturated rings. The lowest BCUT2D eigenvalue weighted by Crippen LogP contribution is -2.12. The minimum atomic E-state index is -0.428. The first-order valence-electron chi connectivity index (χ1n) is 5.31. The summed E-state index contributed by atoms with van der Waals surface area (Å²) in [6, 6.07) is 8.11. The van der Waals surface area contributed by atoms with E-state index < -0.39 is 6.10 Å². The Balaban J connectivity index is 1.79. The number of halogens is 1. The molecule has 1 atom stereocenters. The first kappa shape index (κ1) is 12.2.